The zero-order valence-corrected chi connectivity index (χ0v) is 10.1. The van der Waals surface area contributed by atoms with Crippen molar-refractivity contribution >= 4 is 27.1 Å². The van der Waals surface area contributed by atoms with Crippen molar-refractivity contribution in [2.75, 3.05) is 11.6 Å². The van der Waals surface area contributed by atoms with Gasteiger partial charge in [0, 0.05) is 17.5 Å². The van der Waals surface area contributed by atoms with Crippen LogP contribution in [0, 0.1) is 17.0 Å². The molecule has 0 saturated heterocycles. The summed E-state index contributed by atoms with van der Waals surface area (Å²) < 4.78 is 23.2. The lowest BCUT2D eigenvalue weighted by Gasteiger charge is -2.03. The van der Waals surface area contributed by atoms with Crippen LogP contribution in [0.25, 0.3) is 0 Å². The van der Waals surface area contributed by atoms with Crippen LogP contribution in [0.3, 0.4) is 0 Å². The third-order valence-corrected chi connectivity index (χ3v) is 4.20. The van der Waals surface area contributed by atoms with E-state index in [9.17, 15) is 18.5 Å². The summed E-state index contributed by atoms with van der Waals surface area (Å²) in [7, 11) is -3.43. The number of aryl methyl sites for hydroxylation is 1. The Morgan fingerprint density at radius 3 is 2.50 bits per heavy atom. The largest absolute Gasteiger partial charge is 0.272 e. The molecule has 1 rings (SSSR count). The Balaban J connectivity index is 3.21. The Kier molecular flexibility index (Phi) is 3.88. The van der Waals surface area contributed by atoms with Gasteiger partial charge in [0.2, 0.25) is 0 Å². The molecule has 0 N–H and O–H groups in total. The summed E-state index contributed by atoms with van der Waals surface area (Å²) in [4.78, 5) is 10.1. The molecule has 5 nitrogen and oxygen atoms in total. The van der Waals surface area contributed by atoms with Crippen LogP contribution in [-0.2, 0) is 9.84 Å². The summed E-state index contributed by atoms with van der Waals surface area (Å²) >= 11 is 5.37. The number of halogens is 1. The van der Waals surface area contributed by atoms with Crippen LogP contribution in [0.4, 0.5) is 5.69 Å². The van der Waals surface area contributed by atoms with Crippen molar-refractivity contribution in [2.24, 2.45) is 0 Å². The number of nitrogens with zero attached hydrogens (tertiary/aromatic N) is 1. The van der Waals surface area contributed by atoms with Gasteiger partial charge in [0.25, 0.3) is 5.69 Å². The molecule has 1 aromatic rings. The molecule has 88 valence electrons. The molecule has 0 atom stereocenters. The molecule has 0 aliphatic heterocycles. The van der Waals surface area contributed by atoms with E-state index < -0.39 is 14.8 Å². The molecule has 0 radical (unpaired) electrons. The molecule has 0 fully saturated rings. The van der Waals surface area contributed by atoms with E-state index in [-0.39, 0.29) is 22.2 Å². The maximum absolute atomic E-state index is 11.6. The minimum atomic E-state index is -3.43. The highest BCUT2D eigenvalue weighted by Crippen LogP contribution is 2.22. The number of rotatable bonds is 4. The predicted molar refractivity (Wildman–Crippen MR) is 60.6 cm³/mol. The van der Waals surface area contributed by atoms with Gasteiger partial charge in [-0.3, -0.25) is 10.1 Å². The molecule has 0 aliphatic carbocycles. The molecule has 0 unspecified atom stereocenters. The number of sulfone groups is 1. The molecule has 0 heterocycles. The van der Waals surface area contributed by atoms with Gasteiger partial charge in [-0.05, 0) is 19.1 Å². The molecule has 16 heavy (non-hydrogen) atoms. The number of hydrogen-bond acceptors (Lipinski definition) is 4. The molecule has 0 bridgehead atoms. The SMILES string of the molecule is Cc1cc(S(=O)(=O)CCCl)ccc1[N+](=O)[O-]. The van der Waals surface area contributed by atoms with Crippen molar-refractivity contribution in [3.8, 4) is 0 Å². The van der Waals surface area contributed by atoms with Crippen molar-refractivity contribution in [1.82, 2.24) is 0 Å². The quantitative estimate of drug-likeness (QED) is 0.472. The Labute approximate surface area is 98.1 Å². The van der Waals surface area contributed by atoms with E-state index in [0.29, 0.717) is 5.56 Å². The van der Waals surface area contributed by atoms with Crippen molar-refractivity contribution in [2.45, 2.75) is 11.8 Å². The maximum Gasteiger partial charge on any atom is 0.272 e. The lowest BCUT2D eigenvalue weighted by molar-refractivity contribution is -0.385. The van der Waals surface area contributed by atoms with E-state index >= 15 is 0 Å². The Bertz CT molecular complexity index is 512. The second-order valence-corrected chi connectivity index (χ2v) is 5.70. The van der Waals surface area contributed by atoms with Gasteiger partial charge in [-0.25, -0.2) is 8.42 Å². The first-order valence-electron chi connectivity index (χ1n) is 4.42. The molecular formula is C9H10ClNO4S. The summed E-state index contributed by atoms with van der Waals surface area (Å²) in [5.41, 5.74) is 0.227. The average Bonchev–Trinajstić information content (AvgIpc) is 2.16. The highest BCUT2D eigenvalue weighted by molar-refractivity contribution is 7.91. The van der Waals surface area contributed by atoms with Gasteiger partial charge in [-0.1, -0.05) is 0 Å². The monoisotopic (exact) mass is 263 g/mol. The fourth-order valence-corrected chi connectivity index (χ4v) is 2.93. The van der Waals surface area contributed by atoms with Crippen LogP contribution >= 0.6 is 11.6 Å². The smallest absolute Gasteiger partial charge is 0.258 e. The zero-order chi connectivity index (χ0) is 12.3. The van der Waals surface area contributed by atoms with Crippen LogP contribution in [0.1, 0.15) is 5.56 Å². The van der Waals surface area contributed by atoms with Gasteiger partial charge >= 0.3 is 0 Å². The van der Waals surface area contributed by atoms with Crippen molar-refractivity contribution in [3.05, 3.63) is 33.9 Å². The van der Waals surface area contributed by atoms with E-state index in [2.05, 4.69) is 0 Å². The van der Waals surface area contributed by atoms with Crippen LogP contribution in [0.15, 0.2) is 23.1 Å². The summed E-state index contributed by atoms with van der Waals surface area (Å²) in [5, 5.41) is 10.5. The minimum Gasteiger partial charge on any atom is -0.258 e. The topological polar surface area (TPSA) is 77.3 Å². The molecule has 0 saturated carbocycles. The van der Waals surface area contributed by atoms with Gasteiger partial charge in [0.05, 0.1) is 15.6 Å². The lowest BCUT2D eigenvalue weighted by atomic mass is 10.2. The number of nitro benzene ring substituents is 1. The maximum atomic E-state index is 11.6. The molecule has 1 aromatic carbocycles. The average molecular weight is 264 g/mol. The predicted octanol–water partition coefficient (Wildman–Crippen LogP) is 1.92. The molecule has 0 amide bonds. The van der Waals surface area contributed by atoms with E-state index in [1.165, 1.54) is 25.1 Å². The number of hydrogen-bond donors (Lipinski definition) is 0. The minimum absolute atomic E-state index is 0.00162. The third kappa shape index (κ3) is 2.70. The Hall–Kier alpha value is -1.14. The van der Waals surface area contributed by atoms with Crippen LogP contribution in [-0.4, -0.2) is 25.0 Å². The summed E-state index contributed by atoms with van der Waals surface area (Å²) in [6.07, 6.45) is 0. The van der Waals surface area contributed by atoms with E-state index in [1.807, 2.05) is 0 Å². The van der Waals surface area contributed by atoms with Gasteiger partial charge in [0.15, 0.2) is 9.84 Å². The molecule has 7 heteroatoms. The van der Waals surface area contributed by atoms with Crippen molar-refractivity contribution in [3.63, 3.8) is 0 Å². The fraction of sp³-hybridized carbons (Fsp3) is 0.333. The number of nitro groups is 1. The van der Waals surface area contributed by atoms with Gasteiger partial charge < -0.3 is 0 Å². The van der Waals surface area contributed by atoms with E-state index in [1.54, 1.807) is 0 Å². The highest BCUT2D eigenvalue weighted by Gasteiger charge is 2.17. The summed E-state index contributed by atoms with van der Waals surface area (Å²) in [6, 6.07) is 3.71. The van der Waals surface area contributed by atoms with Crippen molar-refractivity contribution < 1.29 is 13.3 Å². The molecule has 0 aliphatic rings. The second kappa shape index (κ2) is 4.80. The van der Waals surface area contributed by atoms with Crippen LogP contribution < -0.4 is 0 Å². The first-order valence-corrected chi connectivity index (χ1v) is 6.61. The Morgan fingerprint density at radius 2 is 2.06 bits per heavy atom. The standard InChI is InChI=1S/C9H10ClNO4S/c1-7-6-8(16(14,15)5-4-10)2-3-9(7)11(12)13/h2-3,6H,4-5H2,1H3. The van der Waals surface area contributed by atoms with E-state index in [4.69, 9.17) is 11.6 Å². The van der Waals surface area contributed by atoms with Crippen molar-refractivity contribution in [1.29, 1.82) is 0 Å². The third-order valence-electron chi connectivity index (χ3n) is 2.07. The summed E-state index contributed by atoms with van der Waals surface area (Å²) in [6.45, 7) is 1.50. The molecular weight excluding hydrogens is 254 g/mol. The molecule has 0 spiro atoms. The van der Waals surface area contributed by atoms with Gasteiger partial charge in [0.1, 0.15) is 0 Å². The lowest BCUT2D eigenvalue weighted by Crippen LogP contribution is -2.08. The van der Waals surface area contributed by atoms with Gasteiger partial charge in [-0.2, -0.15) is 0 Å². The van der Waals surface area contributed by atoms with Crippen LogP contribution in [0.5, 0.6) is 0 Å². The first kappa shape index (κ1) is 12.9. The normalized spacial score (nSPS) is 11.4. The second-order valence-electron chi connectivity index (χ2n) is 3.21. The number of alkyl halides is 1. The van der Waals surface area contributed by atoms with Crippen LogP contribution in [0.2, 0.25) is 0 Å². The summed E-state index contributed by atoms with van der Waals surface area (Å²) in [5.74, 6) is -0.176. The Morgan fingerprint density at radius 1 is 1.44 bits per heavy atom. The zero-order valence-electron chi connectivity index (χ0n) is 8.51. The number of benzene rings is 1. The fourth-order valence-electron chi connectivity index (χ4n) is 1.25. The first-order chi connectivity index (χ1) is 7.38. The van der Waals surface area contributed by atoms with E-state index in [0.717, 1.165) is 0 Å². The highest BCUT2D eigenvalue weighted by atomic mass is 35.5. The molecule has 0 aromatic heterocycles. The van der Waals surface area contributed by atoms with Gasteiger partial charge in [-0.15, -0.1) is 11.6 Å².